The number of nitrogens with two attached hydrogens (primary N) is 1. The minimum absolute atomic E-state index is 0.409. The highest BCUT2D eigenvalue weighted by Crippen LogP contribution is 2.07. The van der Waals surface area contributed by atoms with E-state index in [9.17, 15) is 0 Å². The fourth-order valence-electron chi connectivity index (χ4n) is 0.780. The summed E-state index contributed by atoms with van der Waals surface area (Å²) in [6.45, 7) is 0.409. The molecule has 0 spiro atoms. The van der Waals surface area contributed by atoms with Crippen LogP contribution < -0.4 is 11.1 Å². The smallest absolute Gasteiger partial charge is 0.0991 e. The van der Waals surface area contributed by atoms with Gasteiger partial charge in [-0.15, -0.1) is 0 Å². The Kier molecular flexibility index (Phi) is 2.47. The average molecular weight is 147 g/mol. The minimum atomic E-state index is 0.409. The van der Waals surface area contributed by atoms with Gasteiger partial charge in [0.2, 0.25) is 0 Å². The van der Waals surface area contributed by atoms with Crippen LogP contribution in [0.2, 0.25) is 0 Å². The Morgan fingerprint density at radius 2 is 2.00 bits per heavy atom. The van der Waals surface area contributed by atoms with Crippen molar-refractivity contribution in [2.24, 2.45) is 5.73 Å². The molecule has 0 heterocycles. The summed E-state index contributed by atoms with van der Waals surface area (Å²) in [7, 11) is 0. The highest BCUT2D eigenvalue weighted by Gasteiger charge is 1.89. The molecule has 0 bridgehead atoms. The maximum Gasteiger partial charge on any atom is 0.0991 e. The Hall–Kier alpha value is -1.53. The van der Waals surface area contributed by atoms with Gasteiger partial charge in [-0.3, -0.25) is 0 Å². The second-order valence-electron chi connectivity index (χ2n) is 2.07. The van der Waals surface area contributed by atoms with Crippen LogP contribution in [0, 0.1) is 11.3 Å². The monoisotopic (exact) mass is 147 g/mol. The molecule has 0 saturated heterocycles. The SMILES string of the molecule is N#Cc1ccc(NCN)cc1. The fraction of sp³-hybridized carbons (Fsp3) is 0.125. The Morgan fingerprint density at radius 1 is 1.36 bits per heavy atom. The summed E-state index contributed by atoms with van der Waals surface area (Å²) in [4.78, 5) is 0. The predicted octanol–water partition coefficient (Wildman–Crippen LogP) is 0.886. The molecule has 0 amide bonds. The molecule has 0 aliphatic heterocycles. The number of hydrogen-bond donors (Lipinski definition) is 2. The standard InChI is InChI=1S/C8H9N3/c9-5-7-1-3-8(4-2-7)11-6-10/h1-4,11H,6,10H2. The number of hydrogen-bond acceptors (Lipinski definition) is 3. The van der Waals surface area contributed by atoms with Crippen molar-refractivity contribution in [3.05, 3.63) is 29.8 Å². The van der Waals surface area contributed by atoms with Crippen LogP contribution in [0.5, 0.6) is 0 Å². The van der Waals surface area contributed by atoms with Gasteiger partial charge < -0.3 is 11.1 Å². The van der Waals surface area contributed by atoms with E-state index in [-0.39, 0.29) is 0 Å². The molecule has 0 aliphatic carbocycles. The lowest BCUT2D eigenvalue weighted by Gasteiger charge is -2.00. The maximum atomic E-state index is 8.46. The van der Waals surface area contributed by atoms with E-state index in [2.05, 4.69) is 5.32 Å². The summed E-state index contributed by atoms with van der Waals surface area (Å²) in [5.74, 6) is 0. The van der Waals surface area contributed by atoms with Crippen molar-refractivity contribution >= 4 is 5.69 Å². The third-order valence-electron chi connectivity index (χ3n) is 1.32. The van der Waals surface area contributed by atoms with E-state index in [1.54, 1.807) is 12.1 Å². The number of nitriles is 1. The average Bonchev–Trinajstić information content (AvgIpc) is 2.07. The molecule has 0 fully saturated rings. The summed E-state index contributed by atoms with van der Waals surface area (Å²) >= 11 is 0. The van der Waals surface area contributed by atoms with Gasteiger partial charge in [0.1, 0.15) is 0 Å². The number of nitrogens with zero attached hydrogens (tertiary/aromatic N) is 1. The molecular formula is C8H9N3. The van der Waals surface area contributed by atoms with Gasteiger partial charge in [-0.05, 0) is 24.3 Å². The van der Waals surface area contributed by atoms with Crippen LogP contribution in [-0.4, -0.2) is 6.67 Å². The molecule has 0 radical (unpaired) electrons. The number of nitrogens with one attached hydrogen (secondary N) is 1. The maximum absolute atomic E-state index is 8.46. The molecule has 0 unspecified atom stereocenters. The second kappa shape index (κ2) is 3.59. The van der Waals surface area contributed by atoms with Gasteiger partial charge in [-0.1, -0.05) is 0 Å². The molecule has 3 N–H and O–H groups in total. The van der Waals surface area contributed by atoms with Crippen molar-refractivity contribution < 1.29 is 0 Å². The normalized spacial score (nSPS) is 8.73. The molecule has 0 saturated carbocycles. The van der Waals surface area contributed by atoms with Gasteiger partial charge >= 0.3 is 0 Å². The van der Waals surface area contributed by atoms with Crippen molar-refractivity contribution in [2.45, 2.75) is 0 Å². The molecule has 56 valence electrons. The minimum Gasteiger partial charge on any atom is -0.373 e. The molecule has 3 nitrogen and oxygen atoms in total. The predicted molar refractivity (Wildman–Crippen MR) is 43.8 cm³/mol. The van der Waals surface area contributed by atoms with Crippen molar-refractivity contribution in [2.75, 3.05) is 12.0 Å². The van der Waals surface area contributed by atoms with E-state index >= 15 is 0 Å². The van der Waals surface area contributed by atoms with Gasteiger partial charge in [0.15, 0.2) is 0 Å². The quantitative estimate of drug-likeness (QED) is 0.610. The molecule has 1 rings (SSSR count). The van der Waals surface area contributed by atoms with Crippen LogP contribution in [0.3, 0.4) is 0 Å². The lowest BCUT2D eigenvalue weighted by atomic mass is 10.2. The van der Waals surface area contributed by atoms with Crippen LogP contribution in [0.4, 0.5) is 5.69 Å². The Bertz CT molecular complexity index is 258. The van der Waals surface area contributed by atoms with E-state index < -0.39 is 0 Å². The van der Waals surface area contributed by atoms with Crippen LogP contribution >= 0.6 is 0 Å². The molecule has 1 aromatic rings. The Balaban J connectivity index is 2.76. The van der Waals surface area contributed by atoms with Gasteiger partial charge in [0.25, 0.3) is 0 Å². The van der Waals surface area contributed by atoms with Crippen LogP contribution in [0.15, 0.2) is 24.3 Å². The van der Waals surface area contributed by atoms with Crippen molar-refractivity contribution in [1.29, 1.82) is 5.26 Å². The third kappa shape index (κ3) is 1.95. The van der Waals surface area contributed by atoms with E-state index in [1.165, 1.54) is 0 Å². The van der Waals surface area contributed by atoms with E-state index in [0.717, 1.165) is 5.69 Å². The Labute approximate surface area is 65.4 Å². The van der Waals surface area contributed by atoms with Crippen LogP contribution in [-0.2, 0) is 0 Å². The van der Waals surface area contributed by atoms with Crippen LogP contribution in [0.25, 0.3) is 0 Å². The summed E-state index contributed by atoms with van der Waals surface area (Å²) in [6.07, 6.45) is 0. The summed E-state index contributed by atoms with van der Waals surface area (Å²) in [6, 6.07) is 9.18. The largest absolute Gasteiger partial charge is 0.373 e. The van der Waals surface area contributed by atoms with E-state index in [4.69, 9.17) is 11.0 Å². The zero-order valence-electron chi connectivity index (χ0n) is 6.04. The van der Waals surface area contributed by atoms with E-state index in [0.29, 0.717) is 12.2 Å². The molecular weight excluding hydrogens is 138 g/mol. The summed E-state index contributed by atoms with van der Waals surface area (Å²) in [5.41, 5.74) is 6.85. The summed E-state index contributed by atoms with van der Waals surface area (Å²) < 4.78 is 0. The van der Waals surface area contributed by atoms with Gasteiger partial charge in [-0.25, -0.2) is 0 Å². The first-order valence-corrected chi connectivity index (χ1v) is 3.31. The highest BCUT2D eigenvalue weighted by molar-refractivity contribution is 5.46. The van der Waals surface area contributed by atoms with Gasteiger partial charge in [0, 0.05) is 5.69 Å². The lowest BCUT2D eigenvalue weighted by molar-refractivity contribution is 1.14. The van der Waals surface area contributed by atoms with Crippen molar-refractivity contribution in [3.8, 4) is 6.07 Å². The van der Waals surface area contributed by atoms with Crippen LogP contribution in [0.1, 0.15) is 5.56 Å². The zero-order valence-corrected chi connectivity index (χ0v) is 6.04. The van der Waals surface area contributed by atoms with Crippen molar-refractivity contribution in [3.63, 3.8) is 0 Å². The lowest BCUT2D eigenvalue weighted by Crippen LogP contribution is -2.10. The molecule has 3 heteroatoms. The highest BCUT2D eigenvalue weighted by atomic mass is 15.0. The van der Waals surface area contributed by atoms with Gasteiger partial charge in [0.05, 0.1) is 18.3 Å². The summed E-state index contributed by atoms with van der Waals surface area (Å²) in [5, 5.41) is 11.4. The molecule has 0 atom stereocenters. The Morgan fingerprint density at radius 3 is 2.45 bits per heavy atom. The number of rotatable bonds is 2. The number of anilines is 1. The molecule has 0 aromatic heterocycles. The third-order valence-corrected chi connectivity index (χ3v) is 1.32. The fourth-order valence-corrected chi connectivity index (χ4v) is 0.780. The molecule has 11 heavy (non-hydrogen) atoms. The topological polar surface area (TPSA) is 61.8 Å². The second-order valence-corrected chi connectivity index (χ2v) is 2.07. The van der Waals surface area contributed by atoms with Crippen molar-refractivity contribution in [1.82, 2.24) is 0 Å². The number of benzene rings is 1. The first kappa shape index (κ1) is 7.58. The first-order chi connectivity index (χ1) is 5.36. The molecule has 1 aromatic carbocycles. The zero-order chi connectivity index (χ0) is 8.10. The van der Waals surface area contributed by atoms with Gasteiger partial charge in [-0.2, -0.15) is 5.26 Å². The van der Waals surface area contributed by atoms with E-state index in [1.807, 2.05) is 18.2 Å². The molecule has 0 aliphatic rings. The first-order valence-electron chi connectivity index (χ1n) is 3.31.